The number of aromatic nitrogens is 3. The van der Waals surface area contributed by atoms with Crippen LogP contribution in [0.25, 0.3) is 16.9 Å². The predicted octanol–water partition coefficient (Wildman–Crippen LogP) is 2.43. The van der Waals surface area contributed by atoms with Crippen LogP contribution in [-0.4, -0.2) is 41.8 Å². The highest BCUT2D eigenvalue weighted by Gasteiger charge is 2.10. The van der Waals surface area contributed by atoms with Crippen molar-refractivity contribution in [2.24, 2.45) is 0 Å². The number of methoxy groups -OCH3 is 2. The molecule has 0 bridgehead atoms. The van der Waals surface area contributed by atoms with E-state index in [0.29, 0.717) is 24.7 Å². The van der Waals surface area contributed by atoms with E-state index in [4.69, 9.17) is 14.2 Å². The average Bonchev–Trinajstić information content (AvgIpc) is 3.00. The molecule has 0 N–H and O–H groups in total. The molecule has 0 atom stereocenters. The van der Waals surface area contributed by atoms with Crippen molar-refractivity contribution in [1.82, 2.24) is 14.4 Å². The van der Waals surface area contributed by atoms with Gasteiger partial charge in [0.25, 0.3) is 5.88 Å². The van der Waals surface area contributed by atoms with Gasteiger partial charge in [0.15, 0.2) is 0 Å². The number of benzene rings is 1. The van der Waals surface area contributed by atoms with Gasteiger partial charge in [-0.05, 0) is 24.3 Å². The van der Waals surface area contributed by atoms with Gasteiger partial charge in [-0.2, -0.15) is 0 Å². The lowest BCUT2D eigenvalue weighted by atomic mass is 10.1. The number of rotatable bonds is 6. The first-order chi connectivity index (χ1) is 10.8. The Morgan fingerprint density at radius 1 is 1.05 bits per heavy atom. The van der Waals surface area contributed by atoms with Crippen molar-refractivity contribution in [3.8, 4) is 22.9 Å². The summed E-state index contributed by atoms with van der Waals surface area (Å²) in [7, 11) is 3.24. The molecule has 0 amide bonds. The van der Waals surface area contributed by atoms with Crippen molar-refractivity contribution >= 4 is 5.65 Å². The molecule has 0 unspecified atom stereocenters. The molecule has 3 rings (SSSR count). The molecule has 2 heterocycles. The van der Waals surface area contributed by atoms with Crippen LogP contribution in [0.15, 0.2) is 42.9 Å². The quantitative estimate of drug-likeness (QED) is 0.654. The Morgan fingerprint density at radius 3 is 2.59 bits per heavy atom. The van der Waals surface area contributed by atoms with Crippen LogP contribution in [0.2, 0.25) is 0 Å². The summed E-state index contributed by atoms with van der Waals surface area (Å²) in [5.74, 6) is 1.32. The minimum atomic E-state index is 0.508. The second-order valence-corrected chi connectivity index (χ2v) is 4.64. The van der Waals surface area contributed by atoms with Crippen LogP contribution in [0.5, 0.6) is 11.6 Å². The fourth-order valence-electron chi connectivity index (χ4n) is 2.22. The largest absolute Gasteiger partial charge is 0.491 e. The first kappa shape index (κ1) is 14.3. The van der Waals surface area contributed by atoms with Gasteiger partial charge in [-0.15, -0.1) is 0 Å². The minimum absolute atomic E-state index is 0.508. The molecule has 6 heteroatoms. The predicted molar refractivity (Wildman–Crippen MR) is 82.3 cm³/mol. The summed E-state index contributed by atoms with van der Waals surface area (Å²) >= 11 is 0. The zero-order valence-electron chi connectivity index (χ0n) is 12.5. The van der Waals surface area contributed by atoms with E-state index in [0.717, 1.165) is 17.0 Å². The SMILES string of the molecule is COCCOc1ccc(-c2cnc3c(OC)nccn23)cc1. The summed E-state index contributed by atoms with van der Waals surface area (Å²) in [6.07, 6.45) is 5.36. The molecule has 0 aliphatic rings. The first-order valence-corrected chi connectivity index (χ1v) is 6.91. The van der Waals surface area contributed by atoms with E-state index in [1.807, 2.05) is 34.9 Å². The number of nitrogens with zero attached hydrogens (tertiary/aromatic N) is 3. The van der Waals surface area contributed by atoms with Crippen molar-refractivity contribution in [3.63, 3.8) is 0 Å². The summed E-state index contributed by atoms with van der Waals surface area (Å²) < 4.78 is 17.7. The van der Waals surface area contributed by atoms with E-state index >= 15 is 0 Å². The lowest BCUT2D eigenvalue weighted by molar-refractivity contribution is 0.146. The van der Waals surface area contributed by atoms with E-state index < -0.39 is 0 Å². The Kier molecular flexibility index (Phi) is 4.20. The Bertz CT molecular complexity index is 753. The highest BCUT2D eigenvalue weighted by atomic mass is 16.5. The maximum absolute atomic E-state index is 5.57. The maximum Gasteiger partial charge on any atom is 0.258 e. The summed E-state index contributed by atoms with van der Waals surface area (Å²) in [6, 6.07) is 7.86. The van der Waals surface area contributed by atoms with E-state index in [2.05, 4.69) is 9.97 Å². The van der Waals surface area contributed by atoms with Gasteiger partial charge in [-0.1, -0.05) is 0 Å². The van der Waals surface area contributed by atoms with Gasteiger partial charge < -0.3 is 14.2 Å². The molecule has 0 radical (unpaired) electrons. The zero-order valence-corrected chi connectivity index (χ0v) is 12.5. The lowest BCUT2D eigenvalue weighted by Crippen LogP contribution is -2.03. The van der Waals surface area contributed by atoms with Gasteiger partial charge in [0, 0.05) is 25.1 Å². The summed E-state index contributed by atoms with van der Waals surface area (Å²) in [5.41, 5.74) is 2.71. The topological polar surface area (TPSA) is 57.9 Å². The minimum Gasteiger partial charge on any atom is -0.491 e. The van der Waals surface area contributed by atoms with Crippen molar-refractivity contribution < 1.29 is 14.2 Å². The average molecular weight is 299 g/mol. The Hall–Kier alpha value is -2.60. The van der Waals surface area contributed by atoms with Crippen LogP contribution < -0.4 is 9.47 Å². The normalized spacial score (nSPS) is 10.8. The smallest absolute Gasteiger partial charge is 0.258 e. The van der Waals surface area contributed by atoms with Crippen molar-refractivity contribution in [2.45, 2.75) is 0 Å². The molecule has 22 heavy (non-hydrogen) atoms. The Morgan fingerprint density at radius 2 is 1.86 bits per heavy atom. The molecular weight excluding hydrogens is 282 g/mol. The molecule has 0 fully saturated rings. The van der Waals surface area contributed by atoms with E-state index in [1.54, 1.807) is 26.6 Å². The second kappa shape index (κ2) is 6.44. The van der Waals surface area contributed by atoms with Crippen LogP contribution >= 0.6 is 0 Å². The highest BCUT2D eigenvalue weighted by molar-refractivity contribution is 5.66. The van der Waals surface area contributed by atoms with Gasteiger partial charge >= 0.3 is 0 Å². The molecule has 0 aliphatic heterocycles. The summed E-state index contributed by atoms with van der Waals surface area (Å²) in [4.78, 5) is 8.53. The Balaban J connectivity index is 1.88. The van der Waals surface area contributed by atoms with Gasteiger partial charge in [-0.25, -0.2) is 9.97 Å². The van der Waals surface area contributed by atoms with Crippen molar-refractivity contribution in [2.75, 3.05) is 27.4 Å². The van der Waals surface area contributed by atoms with E-state index in [1.165, 1.54) is 0 Å². The highest BCUT2D eigenvalue weighted by Crippen LogP contribution is 2.25. The van der Waals surface area contributed by atoms with Crippen LogP contribution in [0.3, 0.4) is 0 Å². The van der Waals surface area contributed by atoms with Crippen LogP contribution in [0.1, 0.15) is 0 Å². The molecule has 114 valence electrons. The Labute approximate surface area is 128 Å². The molecule has 0 saturated carbocycles. The van der Waals surface area contributed by atoms with E-state index in [-0.39, 0.29) is 0 Å². The monoisotopic (exact) mass is 299 g/mol. The summed E-state index contributed by atoms with van der Waals surface area (Å²) in [6.45, 7) is 1.11. The number of hydrogen-bond acceptors (Lipinski definition) is 5. The van der Waals surface area contributed by atoms with Crippen LogP contribution in [0.4, 0.5) is 0 Å². The number of hydrogen-bond donors (Lipinski definition) is 0. The molecule has 0 spiro atoms. The molecule has 0 saturated heterocycles. The van der Waals surface area contributed by atoms with Crippen molar-refractivity contribution in [3.05, 3.63) is 42.9 Å². The van der Waals surface area contributed by atoms with Gasteiger partial charge in [0.05, 0.1) is 25.6 Å². The first-order valence-electron chi connectivity index (χ1n) is 6.91. The third kappa shape index (κ3) is 2.73. The third-order valence-corrected chi connectivity index (χ3v) is 3.30. The molecular formula is C16H17N3O3. The molecule has 1 aromatic carbocycles. The van der Waals surface area contributed by atoms with Gasteiger partial charge in [0.1, 0.15) is 12.4 Å². The van der Waals surface area contributed by atoms with Crippen LogP contribution in [-0.2, 0) is 4.74 Å². The lowest BCUT2D eigenvalue weighted by Gasteiger charge is -2.07. The van der Waals surface area contributed by atoms with E-state index in [9.17, 15) is 0 Å². The number of ether oxygens (including phenoxy) is 3. The van der Waals surface area contributed by atoms with Gasteiger partial charge in [-0.3, -0.25) is 4.40 Å². The molecule has 6 nitrogen and oxygen atoms in total. The third-order valence-electron chi connectivity index (χ3n) is 3.30. The maximum atomic E-state index is 5.57. The summed E-state index contributed by atoms with van der Waals surface area (Å²) in [5, 5.41) is 0. The molecule has 0 aliphatic carbocycles. The fraction of sp³-hybridized carbons (Fsp3) is 0.250. The van der Waals surface area contributed by atoms with Crippen LogP contribution in [0, 0.1) is 0 Å². The zero-order chi connectivity index (χ0) is 15.4. The standard InChI is InChI=1S/C16H17N3O3/c1-20-9-10-22-13-5-3-12(4-6-13)14-11-18-15-16(21-2)17-7-8-19(14)15/h3-8,11H,9-10H2,1-2H3. The molecule has 2 aromatic heterocycles. The fourth-order valence-corrected chi connectivity index (χ4v) is 2.22. The van der Waals surface area contributed by atoms with Crippen molar-refractivity contribution in [1.29, 1.82) is 0 Å². The molecule has 3 aromatic rings. The van der Waals surface area contributed by atoms with Gasteiger partial charge in [0.2, 0.25) is 5.65 Å². The number of fused-ring (bicyclic) bond motifs is 1. The number of imidazole rings is 1. The second-order valence-electron chi connectivity index (χ2n) is 4.64.